The largest absolute Gasteiger partial charge is 0.350 e. The summed E-state index contributed by atoms with van der Waals surface area (Å²) < 4.78 is 2.17. The zero-order valence-electron chi connectivity index (χ0n) is 14.7. The van der Waals surface area contributed by atoms with Crippen molar-refractivity contribution < 1.29 is 4.79 Å². The van der Waals surface area contributed by atoms with Gasteiger partial charge in [-0.05, 0) is 38.2 Å². The maximum Gasteiger partial charge on any atom is 0.223 e. The number of carbonyl (C=O) groups excluding carboxylic acids is 1. The van der Waals surface area contributed by atoms with Crippen molar-refractivity contribution >= 4 is 5.91 Å². The van der Waals surface area contributed by atoms with E-state index in [1.807, 2.05) is 0 Å². The molecule has 0 spiro atoms. The molecular formula is C19H30N4O. The highest BCUT2D eigenvalue weighted by atomic mass is 16.1. The second-order valence-corrected chi connectivity index (χ2v) is 7.81. The van der Waals surface area contributed by atoms with E-state index in [1.54, 1.807) is 0 Å². The van der Waals surface area contributed by atoms with Gasteiger partial charge in [-0.3, -0.25) is 14.4 Å². The van der Waals surface area contributed by atoms with Gasteiger partial charge in [-0.1, -0.05) is 25.7 Å². The molecule has 1 amide bonds. The van der Waals surface area contributed by atoms with E-state index in [9.17, 15) is 4.79 Å². The monoisotopic (exact) mass is 330 g/mol. The molecular weight excluding hydrogens is 300 g/mol. The summed E-state index contributed by atoms with van der Waals surface area (Å²) in [5.74, 6) is 0.473. The van der Waals surface area contributed by atoms with Gasteiger partial charge in [0.15, 0.2) is 0 Å². The summed E-state index contributed by atoms with van der Waals surface area (Å²) in [5.41, 5.74) is 2.34. The number of nitrogens with one attached hydrogen (secondary N) is 1. The van der Waals surface area contributed by atoms with Crippen LogP contribution in [0.1, 0.15) is 69.2 Å². The quantitative estimate of drug-likeness (QED) is 0.923. The molecule has 24 heavy (non-hydrogen) atoms. The van der Waals surface area contributed by atoms with Crippen LogP contribution in [0.25, 0.3) is 0 Å². The number of aromatic nitrogens is 2. The molecule has 1 aromatic rings. The average Bonchev–Trinajstić information content (AvgIpc) is 2.82. The first-order chi connectivity index (χ1) is 11.8. The van der Waals surface area contributed by atoms with E-state index in [4.69, 9.17) is 5.10 Å². The van der Waals surface area contributed by atoms with Crippen LogP contribution in [-0.2, 0) is 24.4 Å². The summed E-state index contributed by atoms with van der Waals surface area (Å²) in [6.07, 6.45) is 11.4. The summed E-state index contributed by atoms with van der Waals surface area (Å²) >= 11 is 0. The van der Waals surface area contributed by atoms with Gasteiger partial charge < -0.3 is 5.32 Å². The fourth-order valence-electron chi connectivity index (χ4n) is 4.38. The zero-order chi connectivity index (χ0) is 16.4. The van der Waals surface area contributed by atoms with Crippen molar-refractivity contribution in [3.05, 3.63) is 17.5 Å². The van der Waals surface area contributed by atoms with Crippen molar-refractivity contribution in [2.24, 2.45) is 5.92 Å². The summed E-state index contributed by atoms with van der Waals surface area (Å²) in [6, 6.07) is 2.98. The third kappa shape index (κ3) is 3.51. The van der Waals surface area contributed by atoms with Crippen LogP contribution in [0.5, 0.6) is 0 Å². The van der Waals surface area contributed by atoms with Crippen molar-refractivity contribution in [3.8, 4) is 0 Å². The predicted octanol–water partition coefficient (Wildman–Crippen LogP) is 2.84. The van der Waals surface area contributed by atoms with Crippen LogP contribution in [0.3, 0.4) is 0 Å². The first-order valence-corrected chi connectivity index (χ1v) is 9.87. The smallest absolute Gasteiger partial charge is 0.223 e. The topological polar surface area (TPSA) is 50.2 Å². The zero-order valence-corrected chi connectivity index (χ0v) is 14.7. The Morgan fingerprint density at radius 1 is 1.08 bits per heavy atom. The molecule has 2 saturated carbocycles. The average molecular weight is 330 g/mol. The second-order valence-electron chi connectivity index (χ2n) is 7.81. The number of hydrogen-bond acceptors (Lipinski definition) is 3. The molecule has 2 heterocycles. The lowest BCUT2D eigenvalue weighted by Gasteiger charge is -2.33. The van der Waals surface area contributed by atoms with Crippen molar-refractivity contribution in [2.45, 2.75) is 83.5 Å². The van der Waals surface area contributed by atoms with Crippen LogP contribution in [0.2, 0.25) is 0 Å². The number of fused-ring (bicyclic) bond motifs is 1. The van der Waals surface area contributed by atoms with Gasteiger partial charge in [-0.25, -0.2) is 0 Å². The van der Waals surface area contributed by atoms with Gasteiger partial charge in [0.25, 0.3) is 0 Å². The Balaban J connectivity index is 1.37. The molecule has 0 bridgehead atoms. The van der Waals surface area contributed by atoms with E-state index in [0.717, 1.165) is 37.7 Å². The van der Waals surface area contributed by atoms with Gasteiger partial charge in [-0.2, -0.15) is 5.10 Å². The number of amides is 1. The molecule has 0 saturated heterocycles. The molecule has 0 aromatic carbocycles. The van der Waals surface area contributed by atoms with Gasteiger partial charge in [0, 0.05) is 31.6 Å². The van der Waals surface area contributed by atoms with Crippen LogP contribution in [0.15, 0.2) is 6.07 Å². The highest BCUT2D eigenvalue weighted by Crippen LogP contribution is 2.27. The Morgan fingerprint density at radius 2 is 1.92 bits per heavy atom. The highest BCUT2D eigenvalue weighted by molar-refractivity contribution is 5.79. The first kappa shape index (κ1) is 16.1. The molecule has 132 valence electrons. The molecule has 5 heteroatoms. The lowest BCUT2D eigenvalue weighted by Crippen LogP contribution is -2.36. The summed E-state index contributed by atoms with van der Waals surface area (Å²) in [5, 5.41) is 7.81. The molecule has 0 radical (unpaired) electrons. The highest BCUT2D eigenvalue weighted by Gasteiger charge is 2.26. The molecule has 1 N–H and O–H groups in total. The van der Waals surface area contributed by atoms with Gasteiger partial charge in [0.2, 0.25) is 5.91 Å². The second kappa shape index (κ2) is 7.26. The molecule has 2 fully saturated rings. The Labute approximate surface area is 144 Å². The Morgan fingerprint density at radius 3 is 2.67 bits per heavy atom. The number of rotatable bonds is 4. The van der Waals surface area contributed by atoms with Crippen LogP contribution < -0.4 is 5.32 Å². The fourth-order valence-corrected chi connectivity index (χ4v) is 4.38. The minimum atomic E-state index is 0.216. The Hall–Kier alpha value is -1.36. The van der Waals surface area contributed by atoms with E-state index < -0.39 is 0 Å². The van der Waals surface area contributed by atoms with Crippen molar-refractivity contribution in [2.75, 3.05) is 6.54 Å². The number of carbonyl (C=O) groups is 1. The van der Waals surface area contributed by atoms with Crippen LogP contribution in [0.4, 0.5) is 0 Å². The van der Waals surface area contributed by atoms with Crippen LogP contribution in [0, 0.1) is 5.92 Å². The molecule has 2 aliphatic carbocycles. The Kier molecular flexibility index (Phi) is 4.88. The lowest BCUT2D eigenvalue weighted by molar-refractivity contribution is -0.127. The van der Waals surface area contributed by atoms with Gasteiger partial charge >= 0.3 is 0 Å². The summed E-state index contributed by atoms with van der Waals surface area (Å²) in [7, 11) is 0. The van der Waals surface area contributed by atoms with E-state index in [0.29, 0.717) is 6.54 Å². The lowest BCUT2D eigenvalue weighted by atomic mass is 9.85. The number of nitrogens with zero attached hydrogens (tertiary/aromatic N) is 3. The SMILES string of the molecule is O=C(NCc1cc2n(n1)CCCN(C1CCCCC1)C2)C1CCC1. The molecule has 0 atom stereocenters. The van der Waals surface area contributed by atoms with E-state index in [2.05, 4.69) is 21.0 Å². The van der Waals surface area contributed by atoms with Gasteiger partial charge in [-0.15, -0.1) is 0 Å². The standard InChI is InChI=1S/C19H30N4O/c24-19(15-6-4-7-15)20-13-16-12-18-14-22(10-5-11-23(18)21-16)17-8-2-1-3-9-17/h12,15,17H,1-11,13-14H2,(H,20,24). The third-order valence-electron chi connectivity index (χ3n) is 6.11. The van der Waals surface area contributed by atoms with Crippen LogP contribution in [-0.4, -0.2) is 33.2 Å². The maximum atomic E-state index is 12.0. The molecule has 1 aromatic heterocycles. The molecule has 4 rings (SSSR count). The molecule has 0 unspecified atom stereocenters. The van der Waals surface area contributed by atoms with Crippen molar-refractivity contribution in [1.82, 2.24) is 20.0 Å². The molecule has 1 aliphatic heterocycles. The van der Waals surface area contributed by atoms with Crippen molar-refractivity contribution in [1.29, 1.82) is 0 Å². The van der Waals surface area contributed by atoms with Gasteiger partial charge in [0.1, 0.15) is 0 Å². The van der Waals surface area contributed by atoms with Crippen molar-refractivity contribution in [3.63, 3.8) is 0 Å². The fraction of sp³-hybridized carbons (Fsp3) is 0.789. The summed E-state index contributed by atoms with van der Waals surface area (Å²) in [4.78, 5) is 14.7. The first-order valence-electron chi connectivity index (χ1n) is 9.87. The van der Waals surface area contributed by atoms with E-state index >= 15 is 0 Å². The minimum absolute atomic E-state index is 0.216. The van der Waals surface area contributed by atoms with E-state index in [1.165, 1.54) is 57.2 Å². The normalized spacial score (nSPS) is 23.3. The van der Waals surface area contributed by atoms with E-state index in [-0.39, 0.29) is 11.8 Å². The van der Waals surface area contributed by atoms with Crippen LogP contribution >= 0.6 is 0 Å². The Bertz CT molecular complexity index is 572. The minimum Gasteiger partial charge on any atom is -0.350 e. The summed E-state index contributed by atoms with van der Waals surface area (Å²) in [6.45, 7) is 3.81. The maximum absolute atomic E-state index is 12.0. The third-order valence-corrected chi connectivity index (χ3v) is 6.11. The number of hydrogen-bond donors (Lipinski definition) is 1. The molecule has 3 aliphatic rings. The van der Waals surface area contributed by atoms with Gasteiger partial charge in [0.05, 0.1) is 17.9 Å². The number of aryl methyl sites for hydroxylation is 1. The molecule has 5 nitrogen and oxygen atoms in total. The predicted molar refractivity (Wildman–Crippen MR) is 93.3 cm³/mol.